The summed E-state index contributed by atoms with van der Waals surface area (Å²) >= 11 is 1.59. The molecule has 1 heterocycles. The maximum Gasteiger partial charge on any atom is 0.291 e. The van der Waals surface area contributed by atoms with Crippen molar-refractivity contribution in [3.05, 3.63) is 72.5 Å². The highest BCUT2D eigenvalue weighted by molar-refractivity contribution is 7.98. The number of carbonyl (C=O) groups excluding carboxylic acids is 1. The van der Waals surface area contributed by atoms with E-state index in [1.807, 2.05) is 66.9 Å². The summed E-state index contributed by atoms with van der Waals surface area (Å²) in [6, 6.07) is 21.5. The number of anilines is 1. The number of benzene rings is 3. The van der Waals surface area contributed by atoms with Crippen molar-refractivity contribution < 1.29 is 9.21 Å². The number of rotatable bonds is 3. The lowest BCUT2D eigenvalue weighted by Gasteiger charge is -2.07. The third kappa shape index (κ3) is 2.55. The van der Waals surface area contributed by atoms with Crippen LogP contribution in [0.5, 0.6) is 0 Å². The number of fused-ring (bicyclic) bond motifs is 3. The van der Waals surface area contributed by atoms with Gasteiger partial charge in [0.1, 0.15) is 5.58 Å². The van der Waals surface area contributed by atoms with Gasteiger partial charge in [0, 0.05) is 10.3 Å². The Hall–Kier alpha value is -2.72. The summed E-state index contributed by atoms with van der Waals surface area (Å²) in [6.45, 7) is 0. The Kier molecular flexibility index (Phi) is 3.75. The minimum absolute atomic E-state index is 0.239. The van der Waals surface area contributed by atoms with Crippen molar-refractivity contribution >= 4 is 45.1 Å². The van der Waals surface area contributed by atoms with Gasteiger partial charge in [-0.05, 0) is 41.3 Å². The monoisotopic (exact) mass is 333 g/mol. The molecule has 0 atom stereocenters. The average molecular weight is 333 g/mol. The van der Waals surface area contributed by atoms with Gasteiger partial charge >= 0.3 is 0 Å². The summed E-state index contributed by atoms with van der Waals surface area (Å²) in [5.74, 6) is 0.0778. The molecule has 0 spiro atoms. The topological polar surface area (TPSA) is 42.2 Å². The van der Waals surface area contributed by atoms with E-state index in [0.717, 1.165) is 32.3 Å². The van der Waals surface area contributed by atoms with E-state index in [1.165, 1.54) is 0 Å². The van der Waals surface area contributed by atoms with E-state index in [4.69, 9.17) is 4.42 Å². The number of nitrogens with one attached hydrogen (secondary N) is 1. The van der Waals surface area contributed by atoms with Crippen LogP contribution in [0.25, 0.3) is 21.7 Å². The average Bonchev–Trinajstić information content (AvgIpc) is 3.07. The molecule has 0 bridgehead atoms. The zero-order chi connectivity index (χ0) is 16.5. The number of para-hydroxylation sites is 1. The molecule has 3 nitrogen and oxygen atoms in total. The van der Waals surface area contributed by atoms with E-state index in [-0.39, 0.29) is 5.91 Å². The molecular weight excluding hydrogens is 318 g/mol. The molecule has 0 saturated carbocycles. The molecule has 0 fully saturated rings. The van der Waals surface area contributed by atoms with Crippen molar-refractivity contribution in [2.24, 2.45) is 0 Å². The van der Waals surface area contributed by atoms with Crippen LogP contribution in [0.4, 0.5) is 5.69 Å². The highest BCUT2D eigenvalue weighted by atomic mass is 32.2. The fourth-order valence-electron chi connectivity index (χ4n) is 2.84. The Morgan fingerprint density at radius 1 is 0.958 bits per heavy atom. The third-order valence-corrected chi connectivity index (χ3v) is 4.80. The molecule has 24 heavy (non-hydrogen) atoms. The highest BCUT2D eigenvalue weighted by Gasteiger charge is 2.15. The van der Waals surface area contributed by atoms with Crippen molar-refractivity contribution in [1.82, 2.24) is 0 Å². The van der Waals surface area contributed by atoms with E-state index < -0.39 is 0 Å². The lowest BCUT2D eigenvalue weighted by molar-refractivity contribution is 0.0998. The highest BCUT2D eigenvalue weighted by Crippen LogP contribution is 2.29. The van der Waals surface area contributed by atoms with E-state index in [9.17, 15) is 4.79 Å². The van der Waals surface area contributed by atoms with Gasteiger partial charge in [-0.3, -0.25) is 4.79 Å². The van der Waals surface area contributed by atoms with Crippen LogP contribution >= 0.6 is 11.8 Å². The number of carbonyl (C=O) groups is 1. The van der Waals surface area contributed by atoms with E-state index in [2.05, 4.69) is 11.4 Å². The smallest absolute Gasteiger partial charge is 0.291 e. The van der Waals surface area contributed by atoms with Gasteiger partial charge in [-0.15, -0.1) is 11.8 Å². The van der Waals surface area contributed by atoms with Gasteiger partial charge in [0.2, 0.25) is 0 Å². The number of hydrogen-bond acceptors (Lipinski definition) is 3. The molecule has 0 aliphatic heterocycles. The Balaban J connectivity index is 1.73. The summed E-state index contributed by atoms with van der Waals surface area (Å²) < 4.78 is 5.76. The maximum atomic E-state index is 12.6. The zero-order valence-electron chi connectivity index (χ0n) is 13.1. The first kappa shape index (κ1) is 14.8. The van der Waals surface area contributed by atoms with E-state index >= 15 is 0 Å². The number of hydrogen-bond donors (Lipinski definition) is 1. The van der Waals surface area contributed by atoms with Crippen molar-refractivity contribution in [2.75, 3.05) is 11.6 Å². The standard InChI is InChI=1S/C20H15NO2S/c1-24-19-9-5-4-8-16(19)21-20(22)18-12-15-14-7-3-2-6-13(14)10-11-17(15)23-18/h2-12H,1H3,(H,21,22). The molecule has 0 aliphatic carbocycles. The van der Waals surface area contributed by atoms with Gasteiger partial charge in [0.15, 0.2) is 5.76 Å². The van der Waals surface area contributed by atoms with Crippen LogP contribution in [0, 0.1) is 0 Å². The Labute approximate surface area is 143 Å². The second-order valence-corrected chi connectivity index (χ2v) is 6.31. The summed E-state index contributed by atoms with van der Waals surface area (Å²) in [6.07, 6.45) is 1.98. The Bertz CT molecular complexity index is 1050. The first-order valence-electron chi connectivity index (χ1n) is 7.62. The molecule has 1 aromatic heterocycles. The van der Waals surface area contributed by atoms with Crippen LogP contribution in [-0.4, -0.2) is 12.2 Å². The molecular formula is C20H15NO2S. The summed E-state index contributed by atoms with van der Waals surface area (Å²) in [5, 5.41) is 6.10. The fourth-order valence-corrected chi connectivity index (χ4v) is 3.39. The SMILES string of the molecule is CSc1ccccc1NC(=O)c1cc2c(ccc3ccccc32)o1. The van der Waals surface area contributed by atoms with Gasteiger partial charge in [0.05, 0.1) is 5.69 Å². The van der Waals surface area contributed by atoms with Crippen molar-refractivity contribution in [2.45, 2.75) is 4.90 Å². The maximum absolute atomic E-state index is 12.6. The molecule has 4 heteroatoms. The van der Waals surface area contributed by atoms with Crippen LogP contribution in [-0.2, 0) is 0 Å². The van der Waals surface area contributed by atoms with Crippen LogP contribution < -0.4 is 5.32 Å². The third-order valence-electron chi connectivity index (χ3n) is 4.00. The van der Waals surface area contributed by atoms with Crippen LogP contribution in [0.1, 0.15) is 10.6 Å². The number of thioether (sulfide) groups is 1. The Morgan fingerprint density at radius 2 is 1.75 bits per heavy atom. The zero-order valence-corrected chi connectivity index (χ0v) is 13.9. The van der Waals surface area contributed by atoms with E-state index in [1.54, 1.807) is 11.8 Å². The summed E-state index contributed by atoms with van der Waals surface area (Å²) in [5.41, 5.74) is 1.51. The minimum atomic E-state index is -0.239. The molecule has 4 aromatic rings. The van der Waals surface area contributed by atoms with Gasteiger partial charge in [-0.25, -0.2) is 0 Å². The van der Waals surface area contributed by atoms with Gasteiger partial charge in [0.25, 0.3) is 5.91 Å². The Morgan fingerprint density at radius 3 is 2.62 bits per heavy atom. The van der Waals surface area contributed by atoms with Crippen LogP contribution in [0.15, 0.2) is 76.0 Å². The van der Waals surface area contributed by atoms with Gasteiger partial charge in [-0.1, -0.05) is 42.5 Å². The molecule has 1 amide bonds. The van der Waals surface area contributed by atoms with Gasteiger partial charge in [-0.2, -0.15) is 0 Å². The molecule has 4 rings (SSSR count). The second-order valence-electron chi connectivity index (χ2n) is 5.46. The van der Waals surface area contributed by atoms with Crippen molar-refractivity contribution in [1.29, 1.82) is 0 Å². The lowest BCUT2D eigenvalue weighted by atomic mass is 10.1. The molecule has 118 valence electrons. The van der Waals surface area contributed by atoms with Crippen LogP contribution in [0.3, 0.4) is 0 Å². The van der Waals surface area contributed by atoms with Crippen molar-refractivity contribution in [3.63, 3.8) is 0 Å². The van der Waals surface area contributed by atoms with Crippen molar-refractivity contribution in [3.8, 4) is 0 Å². The summed E-state index contributed by atoms with van der Waals surface area (Å²) in [4.78, 5) is 13.6. The number of furan rings is 1. The van der Waals surface area contributed by atoms with E-state index in [0.29, 0.717) is 5.76 Å². The van der Waals surface area contributed by atoms with Gasteiger partial charge < -0.3 is 9.73 Å². The first-order chi connectivity index (χ1) is 11.8. The minimum Gasteiger partial charge on any atom is -0.451 e. The number of amides is 1. The fraction of sp³-hybridized carbons (Fsp3) is 0.0500. The lowest BCUT2D eigenvalue weighted by Crippen LogP contribution is -2.11. The second kappa shape index (κ2) is 6.06. The molecule has 1 N–H and O–H groups in total. The normalized spacial score (nSPS) is 11.0. The molecule has 0 unspecified atom stereocenters. The predicted octanol–water partition coefficient (Wildman–Crippen LogP) is 5.56. The van der Waals surface area contributed by atoms with Crippen LogP contribution in [0.2, 0.25) is 0 Å². The largest absolute Gasteiger partial charge is 0.451 e. The molecule has 3 aromatic carbocycles. The quantitative estimate of drug-likeness (QED) is 0.499. The summed E-state index contributed by atoms with van der Waals surface area (Å²) in [7, 11) is 0. The molecule has 0 aliphatic rings. The predicted molar refractivity (Wildman–Crippen MR) is 99.9 cm³/mol. The molecule has 0 radical (unpaired) electrons. The first-order valence-corrected chi connectivity index (χ1v) is 8.84. The molecule has 0 saturated heterocycles.